The Hall–Kier alpha value is -3.64. The number of anilines is 1. The lowest BCUT2D eigenvalue weighted by Gasteiger charge is -2.26. The Morgan fingerprint density at radius 2 is 1.73 bits per heavy atom. The van der Waals surface area contributed by atoms with E-state index in [0.717, 1.165) is 5.56 Å². The maximum Gasteiger partial charge on any atom is 0.416 e. The Balaban J connectivity index is 1.77. The number of hydrogen-bond acceptors (Lipinski definition) is 9. The fourth-order valence-corrected chi connectivity index (χ4v) is 5.93. The molecule has 0 saturated carbocycles. The Morgan fingerprint density at radius 1 is 1.05 bits per heavy atom. The summed E-state index contributed by atoms with van der Waals surface area (Å²) >= 11 is 1.27. The number of rotatable bonds is 7. The monoisotopic (exact) mass is 586 g/mol. The van der Waals surface area contributed by atoms with Crippen molar-refractivity contribution >= 4 is 38.0 Å². The maximum atomic E-state index is 13.3. The molecule has 0 atom stereocenters. The SMILES string of the molecule is COc1ccc(CN(C(=O)OC(C)(C)C)c2nc(-c3cnc4cc(OC)c(S(=O)(=O)C(C)(C)C)cn34)cs2)cc1. The van der Waals surface area contributed by atoms with Crippen LogP contribution in [0.3, 0.4) is 0 Å². The highest BCUT2D eigenvalue weighted by atomic mass is 32.2. The molecule has 0 N–H and O–H groups in total. The number of thiazole rings is 1. The van der Waals surface area contributed by atoms with Crippen molar-refractivity contribution in [3.05, 3.63) is 53.7 Å². The number of carbonyl (C=O) groups is 1. The number of pyridine rings is 1. The fraction of sp³-hybridized carbons (Fsp3) is 0.393. The zero-order valence-electron chi connectivity index (χ0n) is 23.9. The number of nitrogens with zero attached hydrogens (tertiary/aromatic N) is 4. The number of aromatic nitrogens is 3. The van der Waals surface area contributed by atoms with Gasteiger partial charge in [0.15, 0.2) is 15.0 Å². The summed E-state index contributed by atoms with van der Waals surface area (Å²) in [5.74, 6) is 0.926. The smallest absolute Gasteiger partial charge is 0.416 e. The van der Waals surface area contributed by atoms with Crippen LogP contribution in [0.25, 0.3) is 17.0 Å². The number of carbonyl (C=O) groups excluding carboxylic acids is 1. The summed E-state index contributed by atoms with van der Waals surface area (Å²) in [6.07, 6.45) is 2.59. The van der Waals surface area contributed by atoms with E-state index >= 15 is 0 Å². The zero-order valence-corrected chi connectivity index (χ0v) is 25.5. The molecule has 214 valence electrons. The molecule has 0 aliphatic rings. The predicted octanol–water partition coefficient (Wildman–Crippen LogP) is 5.99. The van der Waals surface area contributed by atoms with Gasteiger partial charge in [-0.1, -0.05) is 12.1 Å². The number of fused-ring (bicyclic) bond motifs is 1. The van der Waals surface area contributed by atoms with Gasteiger partial charge in [0.1, 0.15) is 33.3 Å². The summed E-state index contributed by atoms with van der Waals surface area (Å²) in [6.45, 7) is 10.6. The first-order valence-corrected chi connectivity index (χ1v) is 14.9. The van der Waals surface area contributed by atoms with Crippen molar-refractivity contribution in [1.82, 2.24) is 14.4 Å². The van der Waals surface area contributed by atoms with Gasteiger partial charge >= 0.3 is 6.09 Å². The highest BCUT2D eigenvalue weighted by Crippen LogP contribution is 2.35. The van der Waals surface area contributed by atoms with Crippen molar-refractivity contribution in [2.45, 2.75) is 63.3 Å². The average Bonchev–Trinajstić information content (AvgIpc) is 3.51. The Bertz CT molecular complexity index is 1630. The van der Waals surface area contributed by atoms with Gasteiger partial charge in [0.25, 0.3) is 0 Å². The first kappa shape index (κ1) is 29.3. The summed E-state index contributed by atoms with van der Waals surface area (Å²) in [5, 5.41) is 2.22. The van der Waals surface area contributed by atoms with E-state index in [2.05, 4.69) is 4.98 Å². The molecule has 1 amide bonds. The fourth-order valence-electron chi connectivity index (χ4n) is 3.81. The van der Waals surface area contributed by atoms with E-state index < -0.39 is 26.3 Å². The molecular formula is C28H34N4O6S2. The molecule has 1 aromatic carbocycles. The van der Waals surface area contributed by atoms with Gasteiger partial charge in [0, 0.05) is 17.6 Å². The van der Waals surface area contributed by atoms with Gasteiger partial charge < -0.3 is 14.2 Å². The molecule has 0 unspecified atom stereocenters. The van der Waals surface area contributed by atoms with E-state index in [-0.39, 0.29) is 17.2 Å². The topological polar surface area (TPSA) is 112 Å². The van der Waals surface area contributed by atoms with Crippen LogP contribution in [-0.4, -0.2) is 53.4 Å². The molecule has 4 aromatic rings. The van der Waals surface area contributed by atoms with E-state index in [0.29, 0.717) is 27.9 Å². The number of hydrogen-bond donors (Lipinski definition) is 0. The van der Waals surface area contributed by atoms with Crippen LogP contribution in [0, 0.1) is 0 Å². The van der Waals surface area contributed by atoms with Crippen LogP contribution in [0.4, 0.5) is 9.93 Å². The molecule has 0 aliphatic heterocycles. The summed E-state index contributed by atoms with van der Waals surface area (Å²) in [6, 6.07) is 8.99. The van der Waals surface area contributed by atoms with E-state index in [9.17, 15) is 13.2 Å². The van der Waals surface area contributed by atoms with Crippen LogP contribution in [0.15, 0.2) is 53.0 Å². The first-order chi connectivity index (χ1) is 18.6. The lowest BCUT2D eigenvalue weighted by molar-refractivity contribution is 0.0577. The minimum Gasteiger partial charge on any atom is -0.497 e. The summed E-state index contributed by atoms with van der Waals surface area (Å²) < 4.78 is 43.7. The van der Waals surface area contributed by atoms with Crippen LogP contribution in [0.5, 0.6) is 11.5 Å². The lowest BCUT2D eigenvalue weighted by Crippen LogP contribution is -2.36. The number of methoxy groups -OCH3 is 2. The highest BCUT2D eigenvalue weighted by Gasteiger charge is 2.34. The molecule has 0 aliphatic carbocycles. The standard InChI is InChI=1S/C28H34N4O6S2/c1-27(2,3)38-26(33)32(15-18-9-11-19(36-7)12-10-18)25-30-20(17-39-25)21-14-29-24-13-22(37-8)23(16-31(21)24)40(34,35)28(4,5)6/h9-14,16-17H,15H2,1-8H3. The van der Waals surface area contributed by atoms with Crippen molar-refractivity contribution in [1.29, 1.82) is 0 Å². The highest BCUT2D eigenvalue weighted by molar-refractivity contribution is 7.92. The van der Waals surface area contributed by atoms with Crippen molar-refractivity contribution in [3.63, 3.8) is 0 Å². The minimum absolute atomic E-state index is 0.0552. The Kier molecular flexibility index (Phi) is 7.88. The van der Waals surface area contributed by atoms with Gasteiger partial charge in [-0.3, -0.25) is 4.40 Å². The molecule has 0 radical (unpaired) electrons. The molecule has 4 rings (SSSR count). The summed E-state index contributed by atoms with van der Waals surface area (Å²) in [4.78, 5) is 24.0. The van der Waals surface area contributed by atoms with Gasteiger partial charge in [-0.25, -0.2) is 28.1 Å². The second-order valence-corrected chi connectivity index (χ2v) is 14.6. The average molecular weight is 587 g/mol. The van der Waals surface area contributed by atoms with Crippen LogP contribution in [0.2, 0.25) is 0 Å². The second kappa shape index (κ2) is 10.7. The third kappa shape index (κ3) is 5.92. The minimum atomic E-state index is -3.73. The van der Waals surface area contributed by atoms with E-state index in [1.807, 2.05) is 24.3 Å². The molecule has 12 heteroatoms. The van der Waals surface area contributed by atoms with Crippen molar-refractivity contribution < 1.29 is 27.4 Å². The van der Waals surface area contributed by atoms with E-state index in [1.165, 1.54) is 29.5 Å². The normalized spacial score (nSPS) is 12.4. The summed E-state index contributed by atoms with van der Waals surface area (Å²) in [5.41, 5.74) is 1.75. The van der Waals surface area contributed by atoms with Gasteiger partial charge in [-0.2, -0.15) is 0 Å². The number of amides is 1. The molecule has 0 saturated heterocycles. The molecule has 0 fully saturated rings. The number of ether oxygens (including phenoxy) is 3. The second-order valence-electron chi connectivity index (χ2n) is 11.1. The number of imidazole rings is 1. The van der Waals surface area contributed by atoms with Crippen LogP contribution in [0.1, 0.15) is 47.1 Å². The van der Waals surface area contributed by atoms with Gasteiger partial charge in [0.2, 0.25) is 0 Å². The van der Waals surface area contributed by atoms with Gasteiger partial charge in [0.05, 0.1) is 37.4 Å². The van der Waals surface area contributed by atoms with Crippen molar-refractivity contribution in [2.24, 2.45) is 0 Å². The number of benzene rings is 1. The van der Waals surface area contributed by atoms with E-state index in [1.54, 1.807) is 70.7 Å². The molecule has 0 spiro atoms. The molecule has 0 bridgehead atoms. The number of sulfone groups is 1. The van der Waals surface area contributed by atoms with Crippen LogP contribution >= 0.6 is 11.3 Å². The summed E-state index contributed by atoms with van der Waals surface area (Å²) in [7, 11) is -0.711. The first-order valence-electron chi connectivity index (χ1n) is 12.5. The third-order valence-corrected chi connectivity index (χ3v) is 9.35. The Labute approximate surface area is 238 Å². The van der Waals surface area contributed by atoms with Crippen LogP contribution < -0.4 is 14.4 Å². The van der Waals surface area contributed by atoms with Crippen molar-refractivity contribution in [3.8, 4) is 22.9 Å². The molecule has 40 heavy (non-hydrogen) atoms. The molecule has 3 aromatic heterocycles. The maximum absolute atomic E-state index is 13.3. The van der Waals surface area contributed by atoms with Gasteiger partial charge in [-0.05, 0) is 59.2 Å². The molecule has 10 nitrogen and oxygen atoms in total. The molecular weight excluding hydrogens is 552 g/mol. The van der Waals surface area contributed by atoms with Crippen molar-refractivity contribution in [2.75, 3.05) is 19.1 Å². The Morgan fingerprint density at radius 3 is 2.30 bits per heavy atom. The van der Waals surface area contributed by atoms with E-state index in [4.69, 9.17) is 19.2 Å². The lowest BCUT2D eigenvalue weighted by atomic mass is 10.2. The molecule has 3 heterocycles. The predicted molar refractivity (Wildman–Crippen MR) is 155 cm³/mol. The zero-order chi connectivity index (χ0) is 29.5. The largest absolute Gasteiger partial charge is 0.497 e. The third-order valence-electron chi connectivity index (χ3n) is 5.99. The quantitative estimate of drug-likeness (QED) is 0.260. The van der Waals surface area contributed by atoms with Crippen LogP contribution in [-0.2, 0) is 21.1 Å². The van der Waals surface area contributed by atoms with Gasteiger partial charge in [-0.15, -0.1) is 11.3 Å².